The summed E-state index contributed by atoms with van der Waals surface area (Å²) in [6.45, 7) is 2.10. The van der Waals surface area contributed by atoms with E-state index in [1.807, 2.05) is 11.6 Å². The lowest BCUT2D eigenvalue weighted by atomic mass is 10.1. The molecule has 0 saturated carbocycles. The molecule has 0 unspecified atom stereocenters. The van der Waals surface area contributed by atoms with E-state index in [1.54, 1.807) is 37.6 Å². The molecule has 4 nitrogen and oxygen atoms in total. The van der Waals surface area contributed by atoms with Crippen LogP contribution in [0.15, 0.2) is 30.7 Å². The van der Waals surface area contributed by atoms with E-state index in [-0.39, 0.29) is 0 Å². The van der Waals surface area contributed by atoms with Gasteiger partial charge in [0.05, 0.1) is 29.3 Å². The van der Waals surface area contributed by atoms with Gasteiger partial charge in [0.1, 0.15) is 12.4 Å². The number of aliphatic hydroxyl groups excluding tert-OH is 1. The maximum Gasteiger partial charge on any atom is 0.138 e. The summed E-state index contributed by atoms with van der Waals surface area (Å²) in [5, 5.41) is 9.94. The van der Waals surface area contributed by atoms with Crippen LogP contribution in [-0.4, -0.2) is 14.7 Å². The molecule has 0 aliphatic carbocycles. The average molecular weight is 267 g/mol. The Morgan fingerprint density at radius 1 is 1.50 bits per heavy atom. The van der Waals surface area contributed by atoms with Crippen molar-refractivity contribution in [2.24, 2.45) is 7.05 Å². The quantitative estimate of drug-likeness (QED) is 0.926. The zero-order chi connectivity index (χ0) is 13.1. The second kappa shape index (κ2) is 5.42. The summed E-state index contributed by atoms with van der Waals surface area (Å²) in [7, 11) is 1.91. The highest BCUT2D eigenvalue weighted by Gasteiger charge is 2.07. The van der Waals surface area contributed by atoms with Gasteiger partial charge in [-0.3, -0.25) is 0 Å². The number of benzene rings is 1. The number of aryl methyl sites for hydroxylation is 1. The van der Waals surface area contributed by atoms with Crippen LogP contribution in [0.2, 0.25) is 5.02 Å². The lowest BCUT2D eigenvalue weighted by Gasteiger charge is -2.11. The van der Waals surface area contributed by atoms with E-state index in [2.05, 4.69) is 4.98 Å². The molecule has 1 N–H and O–H groups in total. The first kappa shape index (κ1) is 12.9. The zero-order valence-corrected chi connectivity index (χ0v) is 11.1. The third-order valence-corrected chi connectivity index (χ3v) is 3.03. The van der Waals surface area contributed by atoms with Crippen LogP contribution in [0, 0.1) is 0 Å². The molecular formula is C13H15ClN2O2. The molecule has 5 heteroatoms. The van der Waals surface area contributed by atoms with E-state index >= 15 is 0 Å². The van der Waals surface area contributed by atoms with E-state index < -0.39 is 6.10 Å². The third kappa shape index (κ3) is 2.83. The molecule has 0 amide bonds. The highest BCUT2D eigenvalue weighted by atomic mass is 35.5. The molecular weight excluding hydrogens is 252 g/mol. The molecule has 0 fully saturated rings. The summed E-state index contributed by atoms with van der Waals surface area (Å²) in [5.41, 5.74) is 1.73. The van der Waals surface area contributed by atoms with Gasteiger partial charge in [-0.2, -0.15) is 0 Å². The molecule has 2 aromatic rings. The van der Waals surface area contributed by atoms with Crippen molar-refractivity contribution in [3.05, 3.63) is 47.0 Å². The van der Waals surface area contributed by atoms with Crippen LogP contribution in [0.25, 0.3) is 0 Å². The SMILES string of the molecule is C[C@H](O)c1ccc(OCc2cncn2C)c(Cl)c1. The van der Waals surface area contributed by atoms with Gasteiger partial charge in [0, 0.05) is 7.05 Å². The van der Waals surface area contributed by atoms with Crippen molar-refractivity contribution in [3.8, 4) is 5.75 Å². The minimum Gasteiger partial charge on any atom is -0.486 e. The Balaban J connectivity index is 2.08. The standard InChI is InChI=1S/C13H15ClN2O2/c1-9(17)10-3-4-13(12(14)5-10)18-7-11-6-15-8-16(11)2/h3-6,8-9,17H,7H2,1-2H3/t9-/m0/s1. The number of halogens is 1. The minimum atomic E-state index is -0.534. The molecule has 1 aromatic heterocycles. The summed E-state index contributed by atoms with van der Waals surface area (Å²) in [5.74, 6) is 0.599. The van der Waals surface area contributed by atoms with Gasteiger partial charge in [-0.15, -0.1) is 0 Å². The predicted molar refractivity (Wildman–Crippen MR) is 69.6 cm³/mol. The number of aliphatic hydroxyl groups is 1. The second-order valence-corrected chi connectivity index (χ2v) is 4.56. The van der Waals surface area contributed by atoms with Gasteiger partial charge in [-0.05, 0) is 24.6 Å². The molecule has 18 heavy (non-hydrogen) atoms. The first-order valence-electron chi connectivity index (χ1n) is 5.63. The lowest BCUT2D eigenvalue weighted by Crippen LogP contribution is -2.01. The first-order chi connectivity index (χ1) is 8.58. The molecule has 2 rings (SSSR count). The monoisotopic (exact) mass is 266 g/mol. The van der Waals surface area contributed by atoms with Crippen molar-refractivity contribution < 1.29 is 9.84 Å². The van der Waals surface area contributed by atoms with Gasteiger partial charge in [-0.25, -0.2) is 4.98 Å². The maximum absolute atomic E-state index is 9.44. The third-order valence-electron chi connectivity index (χ3n) is 2.73. The van der Waals surface area contributed by atoms with Crippen LogP contribution in [0.5, 0.6) is 5.75 Å². The fraction of sp³-hybridized carbons (Fsp3) is 0.308. The van der Waals surface area contributed by atoms with Gasteiger partial charge in [0.2, 0.25) is 0 Å². The molecule has 0 aliphatic rings. The van der Waals surface area contributed by atoms with E-state index in [9.17, 15) is 5.11 Å². The van der Waals surface area contributed by atoms with Gasteiger partial charge in [-0.1, -0.05) is 17.7 Å². The van der Waals surface area contributed by atoms with Crippen LogP contribution in [0.4, 0.5) is 0 Å². The number of rotatable bonds is 4. The summed E-state index contributed by atoms with van der Waals surface area (Å²) in [6, 6.07) is 5.28. The van der Waals surface area contributed by atoms with Crippen LogP contribution in [-0.2, 0) is 13.7 Å². The van der Waals surface area contributed by atoms with Gasteiger partial charge in [0.15, 0.2) is 0 Å². The number of nitrogens with zero attached hydrogens (tertiary/aromatic N) is 2. The van der Waals surface area contributed by atoms with Gasteiger partial charge in [0.25, 0.3) is 0 Å². The predicted octanol–water partition coefficient (Wildman–Crippen LogP) is 2.71. The minimum absolute atomic E-state index is 0.407. The number of ether oxygens (including phenoxy) is 1. The Hall–Kier alpha value is -1.52. The second-order valence-electron chi connectivity index (χ2n) is 4.15. The largest absolute Gasteiger partial charge is 0.486 e. The molecule has 0 radical (unpaired) electrons. The number of imidazole rings is 1. The Morgan fingerprint density at radius 2 is 2.28 bits per heavy atom. The summed E-state index contributed by atoms with van der Waals surface area (Å²) >= 11 is 6.09. The molecule has 0 saturated heterocycles. The van der Waals surface area contributed by atoms with Crippen LogP contribution in [0.1, 0.15) is 24.3 Å². The van der Waals surface area contributed by atoms with Crippen molar-refractivity contribution in [3.63, 3.8) is 0 Å². The van der Waals surface area contributed by atoms with Crippen molar-refractivity contribution in [2.45, 2.75) is 19.6 Å². The highest BCUT2D eigenvalue weighted by Crippen LogP contribution is 2.28. The number of aromatic nitrogens is 2. The number of hydrogen-bond donors (Lipinski definition) is 1. The van der Waals surface area contributed by atoms with Gasteiger partial charge >= 0.3 is 0 Å². The Morgan fingerprint density at radius 3 is 2.83 bits per heavy atom. The van der Waals surface area contributed by atoms with Crippen molar-refractivity contribution in [1.82, 2.24) is 9.55 Å². The van der Waals surface area contributed by atoms with Crippen LogP contribution >= 0.6 is 11.6 Å². The zero-order valence-electron chi connectivity index (χ0n) is 10.3. The van der Waals surface area contributed by atoms with Crippen molar-refractivity contribution >= 4 is 11.6 Å². The van der Waals surface area contributed by atoms with E-state index in [4.69, 9.17) is 16.3 Å². The molecule has 0 bridgehead atoms. The molecule has 1 atom stereocenters. The fourth-order valence-electron chi connectivity index (χ4n) is 1.57. The molecule has 0 spiro atoms. The summed E-state index contributed by atoms with van der Waals surface area (Å²) in [4.78, 5) is 4.01. The van der Waals surface area contributed by atoms with Crippen molar-refractivity contribution in [1.29, 1.82) is 0 Å². The normalized spacial score (nSPS) is 12.4. The molecule has 96 valence electrons. The Kier molecular flexibility index (Phi) is 3.89. The summed E-state index contributed by atoms with van der Waals surface area (Å²) in [6.07, 6.45) is 2.93. The summed E-state index contributed by atoms with van der Waals surface area (Å²) < 4.78 is 7.51. The van der Waals surface area contributed by atoms with Crippen LogP contribution in [0.3, 0.4) is 0 Å². The fourth-order valence-corrected chi connectivity index (χ4v) is 1.81. The average Bonchev–Trinajstić information content (AvgIpc) is 2.73. The Bertz CT molecular complexity index is 538. The number of hydrogen-bond acceptors (Lipinski definition) is 3. The van der Waals surface area contributed by atoms with Crippen LogP contribution < -0.4 is 4.74 Å². The van der Waals surface area contributed by atoms with Crippen molar-refractivity contribution in [2.75, 3.05) is 0 Å². The molecule has 0 aliphatic heterocycles. The lowest BCUT2D eigenvalue weighted by molar-refractivity contribution is 0.199. The van der Waals surface area contributed by atoms with E-state index in [0.29, 0.717) is 17.4 Å². The highest BCUT2D eigenvalue weighted by molar-refractivity contribution is 6.32. The van der Waals surface area contributed by atoms with E-state index in [1.165, 1.54) is 0 Å². The maximum atomic E-state index is 9.44. The van der Waals surface area contributed by atoms with Gasteiger partial charge < -0.3 is 14.4 Å². The first-order valence-corrected chi connectivity index (χ1v) is 6.01. The Labute approximate surface area is 111 Å². The molecule has 1 heterocycles. The smallest absolute Gasteiger partial charge is 0.138 e. The topological polar surface area (TPSA) is 47.3 Å². The van der Waals surface area contributed by atoms with E-state index in [0.717, 1.165) is 11.3 Å². The molecule has 1 aromatic carbocycles.